The molecule has 25 heavy (non-hydrogen) atoms. The van der Waals surface area contributed by atoms with Crippen LogP contribution >= 0.6 is 11.8 Å². The minimum Gasteiger partial charge on any atom is -0.485 e. The van der Waals surface area contributed by atoms with Crippen molar-refractivity contribution in [3.05, 3.63) is 36.0 Å². The Labute approximate surface area is 150 Å². The van der Waals surface area contributed by atoms with Gasteiger partial charge in [-0.05, 0) is 37.1 Å². The third kappa shape index (κ3) is 4.25. The molecule has 1 saturated heterocycles. The minimum absolute atomic E-state index is 0.0478. The molecule has 1 aliphatic heterocycles. The Balaban J connectivity index is 1.28. The number of carbonyl (C=O) groups is 1. The van der Waals surface area contributed by atoms with Gasteiger partial charge >= 0.3 is 6.03 Å². The van der Waals surface area contributed by atoms with Crippen molar-refractivity contribution in [1.29, 1.82) is 0 Å². The molecule has 0 bridgehead atoms. The molecule has 0 atom stereocenters. The van der Waals surface area contributed by atoms with E-state index < -0.39 is 0 Å². The molecule has 132 valence electrons. The van der Waals surface area contributed by atoms with E-state index in [0.29, 0.717) is 23.4 Å². The zero-order chi connectivity index (χ0) is 17.1. The molecule has 8 heteroatoms. The molecule has 2 fully saturated rings. The standard InChI is InChI=1S/C17H20N4O3S/c22-17(21-7-9-25-10-8-21)18-13-3-5-14(6-4-13)23-11-15-19-16(24-20-15)12-1-2-12/h3-6,12H,1-2,7-11H2,(H,18,22). The first-order chi connectivity index (χ1) is 12.3. The van der Waals surface area contributed by atoms with E-state index in [1.54, 1.807) is 0 Å². The van der Waals surface area contributed by atoms with Crippen LogP contribution < -0.4 is 10.1 Å². The van der Waals surface area contributed by atoms with E-state index in [1.165, 1.54) is 0 Å². The van der Waals surface area contributed by atoms with Gasteiger partial charge in [-0.25, -0.2) is 4.79 Å². The van der Waals surface area contributed by atoms with E-state index in [9.17, 15) is 4.79 Å². The van der Waals surface area contributed by atoms with Crippen molar-refractivity contribution < 1.29 is 14.1 Å². The van der Waals surface area contributed by atoms with Crippen molar-refractivity contribution in [2.45, 2.75) is 25.4 Å². The Kier molecular flexibility index (Phi) is 4.78. The maximum Gasteiger partial charge on any atom is 0.321 e. The quantitative estimate of drug-likeness (QED) is 0.882. The third-order valence-corrected chi connectivity index (χ3v) is 5.12. The number of nitrogens with zero attached hydrogens (tertiary/aromatic N) is 3. The zero-order valence-corrected chi connectivity index (χ0v) is 14.6. The van der Waals surface area contributed by atoms with E-state index in [2.05, 4.69) is 15.5 Å². The minimum atomic E-state index is -0.0478. The Bertz CT molecular complexity index is 724. The predicted molar refractivity (Wildman–Crippen MR) is 95.0 cm³/mol. The van der Waals surface area contributed by atoms with Gasteiger partial charge in [0.1, 0.15) is 5.75 Å². The second-order valence-corrected chi connectivity index (χ2v) is 7.39. The van der Waals surface area contributed by atoms with Crippen LogP contribution in [0.25, 0.3) is 0 Å². The monoisotopic (exact) mass is 360 g/mol. The van der Waals surface area contributed by atoms with Crippen LogP contribution in [0.5, 0.6) is 5.75 Å². The maximum atomic E-state index is 12.2. The second-order valence-electron chi connectivity index (χ2n) is 6.17. The van der Waals surface area contributed by atoms with Gasteiger partial charge in [0.25, 0.3) is 0 Å². The molecule has 2 amide bonds. The summed E-state index contributed by atoms with van der Waals surface area (Å²) >= 11 is 1.88. The summed E-state index contributed by atoms with van der Waals surface area (Å²) in [6.45, 7) is 1.86. The van der Waals surface area contributed by atoms with E-state index >= 15 is 0 Å². The van der Waals surface area contributed by atoms with Crippen molar-refractivity contribution in [1.82, 2.24) is 15.0 Å². The van der Waals surface area contributed by atoms with Gasteiger partial charge in [0.05, 0.1) is 0 Å². The lowest BCUT2D eigenvalue weighted by molar-refractivity contribution is 0.217. The van der Waals surface area contributed by atoms with Crippen LogP contribution in [0.1, 0.15) is 30.5 Å². The molecule has 4 rings (SSSR count). The van der Waals surface area contributed by atoms with Crippen LogP contribution in [0.2, 0.25) is 0 Å². The molecular weight excluding hydrogens is 340 g/mol. The van der Waals surface area contributed by atoms with Crippen LogP contribution in [0.15, 0.2) is 28.8 Å². The molecule has 0 radical (unpaired) electrons. The lowest BCUT2D eigenvalue weighted by Crippen LogP contribution is -2.40. The molecule has 1 N–H and O–H groups in total. The molecule has 1 aromatic carbocycles. The van der Waals surface area contributed by atoms with Crippen LogP contribution in [-0.4, -0.2) is 45.7 Å². The SMILES string of the molecule is O=C(Nc1ccc(OCc2noc(C3CC3)n2)cc1)N1CCSCC1. The molecule has 0 spiro atoms. The highest BCUT2D eigenvalue weighted by Crippen LogP contribution is 2.38. The summed E-state index contributed by atoms with van der Waals surface area (Å²) in [5, 5.41) is 6.84. The number of aromatic nitrogens is 2. The van der Waals surface area contributed by atoms with E-state index in [4.69, 9.17) is 9.26 Å². The summed E-state index contributed by atoms with van der Waals surface area (Å²) in [6.07, 6.45) is 2.26. The molecule has 1 aliphatic carbocycles. The van der Waals surface area contributed by atoms with E-state index in [0.717, 1.165) is 43.1 Å². The summed E-state index contributed by atoms with van der Waals surface area (Å²) < 4.78 is 10.9. The lowest BCUT2D eigenvalue weighted by Gasteiger charge is -2.26. The van der Waals surface area contributed by atoms with Crippen LogP contribution in [0.3, 0.4) is 0 Å². The number of thioether (sulfide) groups is 1. The van der Waals surface area contributed by atoms with Crippen molar-refractivity contribution in [3.63, 3.8) is 0 Å². The first-order valence-corrected chi connectivity index (χ1v) is 9.62. The molecule has 1 saturated carbocycles. The zero-order valence-electron chi connectivity index (χ0n) is 13.8. The second kappa shape index (κ2) is 7.35. The van der Waals surface area contributed by atoms with Crippen molar-refractivity contribution >= 4 is 23.5 Å². The number of benzene rings is 1. The highest BCUT2D eigenvalue weighted by Gasteiger charge is 2.29. The summed E-state index contributed by atoms with van der Waals surface area (Å²) in [6, 6.07) is 7.26. The van der Waals surface area contributed by atoms with Crippen LogP contribution in [-0.2, 0) is 6.61 Å². The summed E-state index contributed by atoms with van der Waals surface area (Å²) in [4.78, 5) is 18.3. The molecule has 1 aromatic heterocycles. The normalized spacial score (nSPS) is 17.4. The van der Waals surface area contributed by atoms with Crippen molar-refractivity contribution in [2.24, 2.45) is 0 Å². The molecule has 0 unspecified atom stereocenters. The largest absolute Gasteiger partial charge is 0.485 e. The highest BCUT2D eigenvalue weighted by molar-refractivity contribution is 7.99. The number of nitrogens with one attached hydrogen (secondary N) is 1. The first kappa shape index (κ1) is 16.3. The number of amides is 2. The Morgan fingerprint density at radius 1 is 1.28 bits per heavy atom. The smallest absolute Gasteiger partial charge is 0.321 e. The van der Waals surface area contributed by atoms with Gasteiger partial charge in [-0.1, -0.05) is 5.16 Å². The molecule has 7 nitrogen and oxygen atoms in total. The Morgan fingerprint density at radius 3 is 2.76 bits per heavy atom. The number of carbonyl (C=O) groups excluding carboxylic acids is 1. The van der Waals surface area contributed by atoms with Crippen LogP contribution in [0, 0.1) is 0 Å². The van der Waals surface area contributed by atoms with Gasteiger partial charge in [0.2, 0.25) is 11.7 Å². The number of anilines is 1. The Morgan fingerprint density at radius 2 is 2.04 bits per heavy atom. The van der Waals surface area contributed by atoms with Gasteiger partial charge < -0.3 is 19.5 Å². The Hall–Kier alpha value is -2.22. The summed E-state index contributed by atoms with van der Waals surface area (Å²) in [7, 11) is 0. The number of hydrogen-bond donors (Lipinski definition) is 1. The number of rotatable bonds is 5. The van der Waals surface area contributed by atoms with Crippen LogP contribution in [0.4, 0.5) is 10.5 Å². The van der Waals surface area contributed by atoms with E-state index in [-0.39, 0.29) is 12.6 Å². The number of hydrogen-bond acceptors (Lipinski definition) is 6. The highest BCUT2D eigenvalue weighted by atomic mass is 32.2. The number of ether oxygens (including phenoxy) is 1. The predicted octanol–water partition coefficient (Wildman–Crippen LogP) is 3.11. The van der Waals surface area contributed by atoms with Gasteiger partial charge in [0, 0.05) is 36.2 Å². The van der Waals surface area contributed by atoms with Crippen molar-refractivity contribution in [2.75, 3.05) is 29.9 Å². The third-order valence-electron chi connectivity index (χ3n) is 4.18. The average molecular weight is 360 g/mol. The summed E-state index contributed by atoms with van der Waals surface area (Å²) in [5.74, 6) is 4.42. The lowest BCUT2D eigenvalue weighted by atomic mass is 10.3. The fraction of sp³-hybridized carbons (Fsp3) is 0.471. The molecule has 2 aliphatic rings. The number of urea groups is 1. The van der Waals surface area contributed by atoms with Gasteiger partial charge in [-0.15, -0.1) is 0 Å². The molecular formula is C17H20N4O3S. The fourth-order valence-electron chi connectivity index (χ4n) is 2.57. The topological polar surface area (TPSA) is 80.5 Å². The van der Waals surface area contributed by atoms with E-state index in [1.807, 2.05) is 40.9 Å². The fourth-order valence-corrected chi connectivity index (χ4v) is 3.48. The average Bonchev–Trinajstić information content (AvgIpc) is 3.40. The van der Waals surface area contributed by atoms with Gasteiger partial charge in [-0.2, -0.15) is 16.7 Å². The molecule has 2 aromatic rings. The van der Waals surface area contributed by atoms with Crippen molar-refractivity contribution in [3.8, 4) is 5.75 Å². The van der Waals surface area contributed by atoms with Gasteiger partial charge in [-0.3, -0.25) is 0 Å². The first-order valence-electron chi connectivity index (χ1n) is 8.47. The van der Waals surface area contributed by atoms with Gasteiger partial charge in [0.15, 0.2) is 6.61 Å². The maximum absolute atomic E-state index is 12.2. The molecule has 2 heterocycles. The summed E-state index contributed by atoms with van der Waals surface area (Å²) in [5.41, 5.74) is 0.756.